The van der Waals surface area contributed by atoms with Gasteiger partial charge in [-0.1, -0.05) is 26.8 Å². The van der Waals surface area contributed by atoms with E-state index in [2.05, 4.69) is 20.8 Å². The maximum atomic E-state index is 12.9. The van der Waals surface area contributed by atoms with Crippen LogP contribution in [0.1, 0.15) is 59.3 Å². The van der Waals surface area contributed by atoms with E-state index in [0.717, 1.165) is 25.4 Å². The summed E-state index contributed by atoms with van der Waals surface area (Å²) in [6.45, 7) is 6.41. The van der Waals surface area contributed by atoms with Crippen molar-refractivity contribution in [1.29, 1.82) is 0 Å². The summed E-state index contributed by atoms with van der Waals surface area (Å²) >= 11 is 0. The zero-order chi connectivity index (χ0) is 17.8. The zero-order valence-corrected chi connectivity index (χ0v) is 14.9. The van der Waals surface area contributed by atoms with Gasteiger partial charge in [0.25, 0.3) is 0 Å². The molecule has 4 heteroatoms. The molecule has 0 saturated heterocycles. The summed E-state index contributed by atoms with van der Waals surface area (Å²) in [7, 11) is 0. The molecule has 2 saturated carbocycles. The van der Waals surface area contributed by atoms with Gasteiger partial charge >= 0.3 is 0 Å². The molecule has 3 rings (SSSR count). The van der Waals surface area contributed by atoms with Gasteiger partial charge in [-0.25, -0.2) is 0 Å². The molecule has 0 heterocycles. The SMILES string of the molecule is CC1(C)C(O)CCC2(C)C3CC=C(C=O)CC(=O)C3(C=O)CCC12. The molecule has 0 aromatic heterocycles. The highest BCUT2D eigenvalue weighted by Gasteiger charge is 2.63. The van der Waals surface area contributed by atoms with Gasteiger partial charge in [-0.15, -0.1) is 0 Å². The van der Waals surface area contributed by atoms with Crippen molar-refractivity contribution in [2.24, 2.45) is 28.1 Å². The van der Waals surface area contributed by atoms with Crippen LogP contribution in [0, 0.1) is 28.1 Å². The van der Waals surface area contributed by atoms with E-state index in [0.29, 0.717) is 24.8 Å². The second-order valence-corrected chi connectivity index (χ2v) is 8.92. The van der Waals surface area contributed by atoms with Crippen molar-refractivity contribution in [3.05, 3.63) is 11.6 Å². The van der Waals surface area contributed by atoms with E-state index in [9.17, 15) is 19.5 Å². The maximum absolute atomic E-state index is 12.9. The molecule has 0 bridgehead atoms. The first-order valence-corrected chi connectivity index (χ1v) is 9.04. The van der Waals surface area contributed by atoms with Gasteiger partial charge in [0.1, 0.15) is 12.6 Å². The molecule has 132 valence electrons. The number of hydrogen-bond donors (Lipinski definition) is 1. The lowest BCUT2D eigenvalue weighted by atomic mass is 9.42. The molecular formula is C20H28O4. The number of aliphatic hydroxyl groups excluding tert-OH is 1. The Morgan fingerprint density at radius 3 is 2.46 bits per heavy atom. The molecule has 1 N–H and O–H groups in total. The quantitative estimate of drug-likeness (QED) is 0.623. The summed E-state index contributed by atoms with van der Waals surface area (Å²) in [4.78, 5) is 36.3. The Hall–Kier alpha value is -1.29. The monoisotopic (exact) mass is 332 g/mol. The molecule has 4 nitrogen and oxygen atoms in total. The molecular weight excluding hydrogens is 304 g/mol. The van der Waals surface area contributed by atoms with E-state index in [1.165, 1.54) is 0 Å². The Morgan fingerprint density at radius 2 is 1.83 bits per heavy atom. The van der Waals surface area contributed by atoms with Crippen molar-refractivity contribution >= 4 is 18.4 Å². The fourth-order valence-corrected chi connectivity index (χ4v) is 6.14. The standard InChI is InChI=1S/C20H28O4/c1-18(2)14-6-9-20(12-22)15(19(14,3)8-7-16(18)23)5-4-13(11-21)10-17(20)24/h4,11-12,14-16,23H,5-10H2,1-3H3. The van der Waals surface area contributed by atoms with Crippen LogP contribution in [0.4, 0.5) is 0 Å². The fraction of sp³-hybridized carbons (Fsp3) is 0.750. The molecule has 24 heavy (non-hydrogen) atoms. The van der Waals surface area contributed by atoms with Crippen LogP contribution in [0.15, 0.2) is 11.6 Å². The molecule has 0 aromatic carbocycles. The van der Waals surface area contributed by atoms with Crippen LogP contribution in [0.25, 0.3) is 0 Å². The lowest BCUT2D eigenvalue weighted by Crippen LogP contribution is -2.60. The van der Waals surface area contributed by atoms with Crippen molar-refractivity contribution in [1.82, 2.24) is 0 Å². The summed E-state index contributed by atoms with van der Waals surface area (Å²) in [6, 6.07) is 0. The van der Waals surface area contributed by atoms with Gasteiger partial charge in [0.05, 0.1) is 11.5 Å². The molecule has 0 aromatic rings. The van der Waals surface area contributed by atoms with Gasteiger partial charge in [-0.2, -0.15) is 0 Å². The molecule has 5 unspecified atom stereocenters. The van der Waals surface area contributed by atoms with Crippen LogP contribution in [-0.4, -0.2) is 29.6 Å². The van der Waals surface area contributed by atoms with Crippen LogP contribution in [0.5, 0.6) is 0 Å². The molecule has 0 amide bonds. The highest BCUT2D eigenvalue weighted by molar-refractivity contribution is 6.02. The van der Waals surface area contributed by atoms with Gasteiger partial charge in [-0.3, -0.25) is 9.59 Å². The lowest BCUT2D eigenvalue weighted by molar-refractivity contribution is -0.178. The zero-order valence-electron chi connectivity index (χ0n) is 14.9. The lowest BCUT2D eigenvalue weighted by Gasteiger charge is -2.62. The molecule has 5 atom stereocenters. The third-order valence-corrected chi connectivity index (χ3v) is 7.64. The molecule has 0 radical (unpaired) electrons. The summed E-state index contributed by atoms with van der Waals surface area (Å²) < 4.78 is 0. The number of hydrogen-bond acceptors (Lipinski definition) is 4. The molecule has 0 aliphatic heterocycles. The highest BCUT2D eigenvalue weighted by atomic mass is 16.3. The predicted octanol–water partition coefficient (Wildman–Crippen LogP) is 2.87. The summed E-state index contributed by atoms with van der Waals surface area (Å²) in [5, 5.41) is 10.5. The van der Waals surface area contributed by atoms with Crippen molar-refractivity contribution in [2.75, 3.05) is 0 Å². The minimum Gasteiger partial charge on any atom is -0.393 e. The Balaban J connectivity index is 2.10. The Kier molecular flexibility index (Phi) is 4.10. The highest BCUT2D eigenvalue weighted by Crippen LogP contribution is 2.65. The van der Waals surface area contributed by atoms with Crippen molar-refractivity contribution in [3.63, 3.8) is 0 Å². The number of carbonyl (C=O) groups is 3. The summed E-state index contributed by atoms with van der Waals surface area (Å²) in [6.07, 6.45) is 6.65. The summed E-state index contributed by atoms with van der Waals surface area (Å²) in [5.41, 5.74) is -0.864. The molecule has 2 fully saturated rings. The number of aliphatic hydroxyl groups is 1. The third-order valence-electron chi connectivity index (χ3n) is 7.64. The molecule has 0 spiro atoms. The van der Waals surface area contributed by atoms with Gasteiger partial charge in [0.2, 0.25) is 0 Å². The van der Waals surface area contributed by atoms with Gasteiger partial charge in [0, 0.05) is 6.42 Å². The van der Waals surface area contributed by atoms with Gasteiger partial charge in [0.15, 0.2) is 5.78 Å². The van der Waals surface area contributed by atoms with E-state index >= 15 is 0 Å². The number of carbonyl (C=O) groups excluding carboxylic acids is 3. The van der Waals surface area contributed by atoms with E-state index in [-0.39, 0.29) is 41.0 Å². The summed E-state index contributed by atoms with van der Waals surface area (Å²) in [5.74, 6) is 0.0886. The van der Waals surface area contributed by atoms with Crippen molar-refractivity contribution in [3.8, 4) is 0 Å². The van der Waals surface area contributed by atoms with Crippen molar-refractivity contribution < 1.29 is 19.5 Å². The van der Waals surface area contributed by atoms with Gasteiger partial charge < -0.3 is 9.90 Å². The van der Waals surface area contributed by atoms with Gasteiger partial charge in [-0.05, 0) is 60.3 Å². The van der Waals surface area contributed by atoms with Crippen LogP contribution in [0.3, 0.4) is 0 Å². The number of allylic oxidation sites excluding steroid dienone is 2. The van der Waals surface area contributed by atoms with Crippen LogP contribution in [0.2, 0.25) is 0 Å². The molecule has 3 aliphatic carbocycles. The maximum Gasteiger partial charge on any atom is 0.150 e. The normalized spacial score (nSPS) is 44.6. The Bertz CT molecular complexity index is 605. The number of rotatable bonds is 2. The van der Waals surface area contributed by atoms with Crippen molar-refractivity contribution in [2.45, 2.75) is 65.4 Å². The predicted molar refractivity (Wildman–Crippen MR) is 90.2 cm³/mol. The first-order chi connectivity index (χ1) is 11.2. The first-order valence-electron chi connectivity index (χ1n) is 9.04. The Labute approximate surface area is 143 Å². The average molecular weight is 332 g/mol. The van der Waals surface area contributed by atoms with E-state index < -0.39 is 5.41 Å². The second kappa shape index (κ2) is 5.62. The number of fused-ring (bicyclic) bond motifs is 3. The van der Waals surface area contributed by atoms with E-state index in [4.69, 9.17) is 0 Å². The number of Topliss-reactive ketones (excluding diaryl/α,β-unsaturated/α-hetero) is 1. The fourth-order valence-electron chi connectivity index (χ4n) is 6.14. The smallest absolute Gasteiger partial charge is 0.150 e. The van der Waals surface area contributed by atoms with Crippen LogP contribution >= 0.6 is 0 Å². The topological polar surface area (TPSA) is 71.4 Å². The second-order valence-electron chi connectivity index (χ2n) is 8.92. The largest absolute Gasteiger partial charge is 0.393 e. The van der Waals surface area contributed by atoms with Crippen LogP contribution in [-0.2, 0) is 14.4 Å². The van der Waals surface area contributed by atoms with E-state index in [1.807, 2.05) is 6.08 Å². The average Bonchev–Trinajstić information content (AvgIpc) is 2.69. The first kappa shape index (κ1) is 17.5. The third kappa shape index (κ3) is 2.18. The van der Waals surface area contributed by atoms with E-state index in [1.54, 1.807) is 0 Å². The number of aldehydes is 2. The minimum absolute atomic E-state index is 0.0749. The van der Waals surface area contributed by atoms with Crippen LogP contribution < -0.4 is 0 Å². The Morgan fingerprint density at radius 1 is 1.12 bits per heavy atom. The molecule has 3 aliphatic rings. The minimum atomic E-state index is -0.967. The number of ketones is 1.